The lowest BCUT2D eigenvalue weighted by Gasteiger charge is -2.20. The molecule has 126 valence electrons. The van der Waals surface area contributed by atoms with Gasteiger partial charge in [0.05, 0.1) is 22.4 Å². The summed E-state index contributed by atoms with van der Waals surface area (Å²) in [5.74, 6) is -0.868. The highest BCUT2D eigenvalue weighted by Crippen LogP contribution is 2.23. The van der Waals surface area contributed by atoms with E-state index in [0.29, 0.717) is 6.54 Å². The first kappa shape index (κ1) is 16.0. The Balaban J connectivity index is 1.90. The number of rotatable bonds is 3. The summed E-state index contributed by atoms with van der Waals surface area (Å²) >= 11 is 0. The fourth-order valence-corrected chi connectivity index (χ4v) is 2.97. The molecule has 0 bridgehead atoms. The summed E-state index contributed by atoms with van der Waals surface area (Å²) in [7, 11) is 0. The molecule has 0 unspecified atom stereocenters. The van der Waals surface area contributed by atoms with Gasteiger partial charge in [-0.3, -0.25) is 29.4 Å². The number of aromatic amines is 2. The molecular formula is C16H18N4O4. The Bertz CT molecular complexity index is 928. The average Bonchev–Trinajstić information content (AvgIpc) is 2.93. The van der Waals surface area contributed by atoms with Gasteiger partial charge in [0.25, 0.3) is 11.1 Å². The molecule has 0 aliphatic carbocycles. The molecule has 24 heavy (non-hydrogen) atoms. The van der Waals surface area contributed by atoms with Gasteiger partial charge in [0.2, 0.25) is 11.8 Å². The summed E-state index contributed by atoms with van der Waals surface area (Å²) in [6.45, 7) is 4.15. The largest absolute Gasteiger partial charge is 0.339 e. The fourth-order valence-electron chi connectivity index (χ4n) is 2.97. The number of nitrogens with zero attached hydrogens (tertiary/aromatic N) is 1. The summed E-state index contributed by atoms with van der Waals surface area (Å²) in [6, 6.07) is 4.70. The van der Waals surface area contributed by atoms with Crippen LogP contribution in [-0.2, 0) is 9.59 Å². The number of hydrogen-bond acceptors (Lipinski definition) is 4. The minimum atomic E-state index is -0.494. The number of fused-ring (bicyclic) bond motifs is 1. The molecule has 8 heteroatoms. The normalized spacial score (nSPS) is 17.7. The third-order valence-electron chi connectivity index (χ3n) is 4.24. The Morgan fingerprint density at radius 2 is 1.92 bits per heavy atom. The van der Waals surface area contributed by atoms with Crippen molar-refractivity contribution < 1.29 is 9.59 Å². The van der Waals surface area contributed by atoms with Crippen LogP contribution in [0.5, 0.6) is 0 Å². The molecule has 3 N–H and O–H groups in total. The van der Waals surface area contributed by atoms with E-state index in [1.807, 2.05) is 13.8 Å². The number of likely N-dealkylation sites (tertiary alicyclic amines) is 1. The molecule has 0 radical (unpaired) electrons. The first-order valence-corrected chi connectivity index (χ1v) is 7.72. The van der Waals surface area contributed by atoms with E-state index in [4.69, 9.17) is 0 Å². The van der Waals surface area contributed by atoms with E-state index < -0.39 is 17.0 Å². The summed E-state index contributed by atoms with van der Waals surface area (Å²) in [6.07, 6.45) is 0.145. The molecule has 1 aromatic carbocycles. The van der Waals surface area contributed by atoms with Gasteiger partial charge >= 0.3 is 0 Å². The van der Waals surface area contributed by atoms with Crippen LogP contribution in [0.1, 0.15) is 20.3 Å². The van der Waals surface area contributed by atoms with E-state index in [1.165, 1.54) is 6.07 Å². The molecule has 3 rings (SSSR count). The number of carbonyl (C=O) groups excluding carboxylic acids is 2. The average molecular weight is 330 g/mol. The number of benzene rings is 1. The zero-order valence-electron chi connectivity index (χ0n) is 13.4. The third-order valence-corrected chi connectivity index (χ3v) is 4.24. The maximum absolute atomic E-state index is 12.5. The van der Waals surface area contributed by atoms with Crippen LogP contribution in [-0.4, -0.2) is 39.5 Å². The minimum absolute atomic E-state index is 0.0364. The molecule has 1 aromatic heterocycles. The lowest BCUT2D eigenvalue weighted by atomic mass is 10.1. The highest BCUT2D eigenvalue weighted by molar-refractivity contribution is 6.03. The Kier molecular flexibility index (Phi) is 3.96. The molecule has 2 aromatic rings. The van der Waals surface area contributed by atoms with E-state index in [9.17, 15) is 19.2 Å². The molecule has 1 saturated heterocycles. The molecule has 2 heterocycles. The second kappa shape index (κ2) is 5.95. The van der Waals surface area contributed by atoms with Crippen LogP contribution in [0, 0.1) is 5.92 Å². The molecule has 1 atom stereocenters. The number of anilines is 1. The summed E-state index contributed by atoms with van der Waals surface area (Å²) < 4.78 is 0. The number of amides is 2. The summed E-state index contributed by atoms with van der Waals surface area (Å²) in [5.41, 5.74) is -0.671. The van der Waals surface area contributed by atoms with Gasteiger partial charge in [-0.1, -0.05) is 6.07 Å². The predicted molar refractivity (Wildman–Crippen MR) is 88.8 cm³/mol. The van der Waals surface area contributed by atoms with Crippen molar-refractivity contribution in [3.8, 4) is 0 Å². The maximum atomic E-state index is 12.5. The Labute approximate surface area is 136 Å². The summed E-state index contributed by atoms with van der Waals surface area (Å²) in [4.78, 5) is 49.9. The van der Waals surface area contributed by atoms with Gasteiger partial charge in [-0.05, 0) is 26.0 Å². The van der Waals surface area contributed by atoms with E-state index in [2.05, 4.69) is 15.5 Å². The number of aromatic nitrogens is 2. The fraction of sp³-hybridized carbons (Fsp3) is 0.375. The smallest absolute Gasteiger partial charge is 0.272 e. The van der Waals surface area contributed by atoms with Crippen LogP contribution in [0.4, 0.5) is 5.69 Å². The van der Waals surface area contributed by atoms with Crippen LogP contribution in [0.2, 0.25) is 0 Å². The molecule has 8 nitrogen and oxygen atoms in total. The monoisotopic (exact) mass is 330 g/mol. The van der Waals surface area contributed by atoms with Gasteiger partial charge < -0.3 is 10.2 Å². The van der Waals surface area contributed by atoms with E-state index in [-0.39, 0.29) is 40.7 Å². The molecule has 1 aliphatic rings. The Morgan fingerprint density at radius 3 is 2.58 bits per heavy atom. The number of hydrogen-bond donors (Lipinski definition) is 3. The Hall–Kier alpha value is -2.90. The zero-order chi connectivity index (χ0) is 17.4. The van der Waals surface area contributed by atoms with Crippen LogP contribution in [0.15, 0.2) is 27.8 Å². The van der Waals surface area contributed by atoms with Gasteiger partial charge in [0.15, 0.2) is 0 Å². The van der Waals surface area contributed by atoms with Crippen LogP contribution in [0.3, 0.4) is 0 Å². The van der Waals surface area contributed by atoms with Gasteiger partial charge in [0.1, 0.15) is 0 Å². The van der Waals surface area contributed by atoms with Crippen molar-refractivity contribution in [2.24, 2.45) is 5.92 Å². The second-order valence-corrected chi connectivity index (χ2v) is 6.17. The minimum Gasteiger partial charge on any atom is -0.339 e. The van der Waals surface area contributed by atoms with Crippen LogP contribution < -0.4 is 16.4 Å². The van der Waals surface area contributed by atoms with E-state index >= 15 is 0 Å². The van der Waals surface area contributed by atoms with Gasteiger partial charge in [-0.15, -0.1) is 0 Å². The van der Waals surface area contributed by atoms with Crippen molar-refractivity contribution >= 4 is 28.3 Å². The lowest BCUT2D eigenvalue weighted by Crippen LogP contribution is -2.33. The van der Waals surface area contributed by atoms with Crippen molar-refractivity contribution in [3.05, 3.63) is 38.9 Å². The second-order valence-electron chi connectivity index (χ2n) is 6.17. The number of H-pyrrole nitrogens is 2. The van der Waals surface area contributed by atoms with Crippen LogP contribution >= 0.6 is 0 Å². The first-order valence-electron chi connectivity index (χ1n) is 7.72. The predicted octanol–water partition coefficient (Wildman–Crippen LogP) is 0.412. The third kappa shape index (κ3) is 2.70. The summed E-state index contributed by atoms with van der Waals surface area (Å²) in [5, 5.41) is 7.50. The van der Waals surface area contributed by atoms with Crippen molar-refractivity contribution in [1.29, 1.82) is 0 Å². The first-order chi connectivity index (χ1) is 11.4. The van der Waals surface area contributed by atoms with Crippen molar-refractivity contribution in [1.82, 2.24) is 15.1 Å². The molecular weight excluding hydrogens is 312 g/mol. The van der Waals surface area contributed by atoms with Crippen LogP contribution in [0.25, 0.3) is 10.8 Å². The zero-order valence-corrected chi connectivity index (χ0v) is 13.4. The molecule has 0 saturated carbocycles. The quantitative estimate of drug-likeness (QED) is 0.756. The SMILES string of the molecule is CC(C)N1C[C@H](C(=O)Nc2cccc3c(=O)[nH][nH]c(=O)c23)CC1=O. The van der Waals surface area contributed by atoms with Gasteiger partial charge in [0, 0.05) is 19.0 Å². The molecule has 1 fully saturated rings. The maximum Gasteiger partial charge on any atom is 0.272 e. The Morgan fingerprint density at radius 1 is 1.21 bits per heavy atom. The lowest BCUT2D eigenvalue weighted by molar-refractivity contribution is -0.129. The van der Waals surface area contributed by atoms with E-state index in [1.54, 1.807) is 17.0 Å². The van der Waals surface area contributed by atoms with Crippen molar-refractivity contribution in [3.63, 3.8) is 0 Å². The molecule has 0 spiro atoms. The molecule has 2 amide bonds. The van der Waals surface area contributed by atoms with Gasteiger partial charge in [-0.25, -0.2) is 0 Å². The van der Waals surface area contributed by atoms with Crippen molar-refractivity contribution in [2.45, 2.75) is 26.3 Å². The molecule has 1 aliphatic heterocycles. The highest BCUT2D eigenvalue weighted by atomic mass is 16.2. The van der Waals surface area contributed by atoms with E-state index in [0.717, 1.165) is 0 Å². The van der Waals surface area contributed by atoms with Crippen molar-refractivity contribution in [2.75, 3.05) is 11.9 Å². The number of nitrogens with one attached hydrogen (secondary N) is 3. The highest BCUT2D eigenvalue weighted by Gasteiger charge is 2.35. The number of carbonyl (C=O) groups is 2. The van der Waals surface area contributed by atoms with Gasteiger partial charge in [-0.2, -0.15) is 0 Å². The topological polar surface area (TPSA) is 115 Å². The standard InChI is InChI=1S/C16H18N4O4/c1-8(2)20-7-9(6-12(20)21)14(22)17-11-5-3-4-10-13(11)16(24)19-18-15(10)23/h3-5,8-9H,6-7H2,1-2H3,(H,17,22)(H,18,23)(H,19,24)/t9-/m1/s1.